The zero-order valence-corrected chi connectivity index (χ0v) is 10.5. The molecule has 7 heteroatoms. The molecule has 2 rings (SSSR count). The average Bonchev–Trinajstić information content (AvgIpc) is 2.86. The maximum atomic E-state index is 11.8. The van der Waals surface area contributed by atoms with Crippen molar-refractivity contribution in [1.82, 2.24) is 24.8 Å². The third-order valence-electron chi connectivity index (χ3n) is 2.75. The first kappa shape index (κ1) is 12.3. The lowest BCUT2D eigenvalue weighted by Gasteiger charge is -2.18. The summed E-state index contributed by atoms with van der Waals surface area (Å²) in [6.45, 7) is 5.55. The van der Waals surface area contributed by atoms with Crippen molar-refractivity contribution in [2.75, 3.05) is 25.0 Å². The van der Waals surface area contributed by atoms with Crippen LogP contribution in [0.25, 0.3) is 11.2 Å². The monoisotopic (exact) mass is 248 g/mol. The van der Waals surface area contributed by atoms with Gasteiger partial charge in [0.25, 0.3) is 0 Å². The molecule has 2 aromatic rings. The smallest absolute Gasteiger partial charge is 0.241 e. The molecule has 7 nitrogen and oxygen atoms in total. The first-order valence-electron chi connectivity index (χ1n) is 5.92. The van der Waals surface area contributed by atoms with Crippen molar-refractivity contribution in [2.24, 2.45) is 0 Å². The van der Waals surface area contributed by atoms with E-state index < -0.39 is 0 Å². The predicted octanol–water partition coefficient (Wildman–Crippen LogP) is 0.633. The SMILES string of the molecule is CCN(CC)C(=O)CNc1ncnc2nc[nH]c12. The van der Waals surface area contributed by atoms with Crippen LogP contribution in [0.2, 0.25) is 0 Å². The van der Waals surface area contributed by atoms with E-state index in [0.29, 0.717) is 30.1 Å². The number of imidazole rings is 1. The molecule has 0 saturated heterocycles. The van der Waals surface area contributed by atoms with Crippen molar-refractivity contribution in [3.63, 3.8) is 0 Å². The van der Waals surface area contributed by atoms with Crippen molar-refractivity contribution in [3.05, 3.63) is 12.7 Å². The fraction of sp³-hybridized carbons (Fsp3) is 0.455. The maximum absolute atomic E-state index is 11.8. The summed E-state index contributed by atoms with van der Waals surface area (Å²) in [7, 11) is 0. The maximum Gasteiger partial charge on any atom is 0.241 e. The van der Waals surface area contributed by atoms with Gasteiger partial charge in [0.05, 0.1) is 12.9 Å². The third-order valence-corrected chi connectivity index (χ3v) is 2.75. The van der Waals surface area contributed by atoms with Gasteiger partial charge in [-0.15, -0.1) is 0 Å². The van der Waals surface area contributed by atoms with Gasteiger partial charge in [0, 0.05) is 13.1 Å². The largest absolute Gasteiger partial charge is 0.359 e. The minimum absolute atomic E-state index is 0.0475. The molecule has 1 amide bonds. The molecule has 0 aliphatic rings. The van der Waals surface area contributed by atoms with Crippen molar-refractivity contribution in [1.29, 1.82) is 0 Å². The molecule has 0 aromatic carbocycles. The number of carbonyl (C=O) groups excluding carboxylic acids is 1. The van der Waals surface area contributed by atoms with Crippen LogP contribution in [0, 0.1) is 0 Å². The summed E-state index contributed by atoms with van der Waals surface area (Å²) in [5.74, 6) is 0.643. The van der Waals surface area contributed by atoms with Crippen molar-refractivity contribution in [3.8, 4) is 0 Å². The first-order valence-corrected chi connectivity index (χ1v) is 5.92. The van der Waals surface area contributed by atoms with Gasteiger partial charge in [0.1, 0.15) is 11.8 Å². The van der Waals surface area contributed by atoms with Gasteiger partial charge >= 0.3 is 0 Å². The highest BCUT2D eigenvalue weighted by atomic mass is 16.2. The van der Waals surface area contributed by atoms with E-state index in [1.54, 1.807) is 11.2 Å². The fourth-order valence-corrected chi connectivity index (χ4v) is 1.75. The number of hydrogen-bond donors (Lipinski definition) is 2. The van der Waals surface area contributed by atoms with Crippen LogP contribution in [-0.2, 0) is 4.79 Å². The molecule has 0 bridgehead atoms. The first-order chi connectivity index (χ1) is 8.76. The molecule has 0 spiro atoms. The molecule has 18 heavy (non-hydrogen) atoms. The molecule has 0 fully saturated rings. The number of nitrogens with zero attached hydrogens (tertiary/aromatic N) is 4. The summed E-state index contributed by atoms with van der Waals surface area (Å²) in [6.07, 6.45) is 2.98. The van der Waals surface area contributed by atoms with Crippen LogP contribution in [0.3, 0.4) is 0 Å². The Morgan fingerprint density at radius 2 is 2.11 bits per heavy atom. The molecule has 0 saturated carbocycles. The highest BCUT2D eigenvalue weighted by Crippen LogP contribution is 2.13. The number of carbonyl (C=O) groups is 1. The minimum Gasteiger partial charge on any atom is -0.359 e. The van der Waals surface area contributed by atoms with Gasteiger partial charge in [-0.2, -0.15) is 0 Å². The number of H-pyrrole nitrogens is 1. The van der Waals surface area contributed by atoms with Gasteiger partial charge in [-0.3, -0.25) is 4.79 Å². The molecule has 0 aliphatic carbocycles. The summed E-state index contributed by atoms with van der Waals surface area (Å²) in [5, 5.41) is 3.01. The van der Waals surface area contributed by atoms with E-state index in [0.717, 1.165) is 0 Å². The molecule has 2 aromatic heterocycles. The number of aromatic amines is 1. The lowest BCUT2D eigenvalue weighted by atomic mass is 10.4. The summed E-state index contributed by atoms with van der Waals surface area (Å²) in [6, 6.07) is 0. The van der Waals surface area contributed by atoms with Gasteiger partial charge in [-0.1, -0.05) is 0 Å². The fourth-order valence-electron chi connectivity index (χ4n) is 1.75. The van der Waals surface area contributed by atoms with E-state index >= 15 is 0 Å². The van der Waals surface area contributed by atoms with Gasteiger partial charge in [-0.25, -0.2) is 15.0 Å². The number of fused-ring (bicyclic) bond motifs is 1. The van der Waals surface area contributed by atoms with Crippen LogP contribution in [0.4, 0.5) is 5.82 Å². The number of likely N-dealkylation sites (N-methyl/N-ethyl adjacent to an activating group) is 1. The van der Waals surface area contributed by atoms with Crippen molar-refractivity contribution < 1.29 is 4.79 Å². The van der Waals surface area contributed by atoms with Crippen LogP contribution in [0.1, 0.15) is 13.8 Å². The second kappa shape index (κ2) is 5.44. The number of hydrogen-bond acceptors (Lipinski definition) is 5. The topological polar surface area (TPSA) is 86.8 Å². The molecule has 96 valence electrons. The van der Waals surface area contributed by atoms with E-state index in [1.165, 1.54) is 6.33 Å². The second-order valence-electron chi connectivity index (χ2n) is 3.74. The number of aromatic nitrogens is 4. The summed E-state index contributed by atoms with van der Waals surface area (Å²) in [4.78, 5) is 28.7. The molecule has 2 N–H and O–H groups in total. The lowest BCUT2D eigenvalue weighted by Crippen LogP contribution is -2.35. The predicted molar refractivity (Wildman–Crippen MR) is 68.1 cm³/mol. The Labute approximate surface area is 105 Å². The molecule has 2 heterocycles. The minimum atomic E-state index is 0.0475. The number of nitrogens with one attached hydrogen (secondary N) is 2. The molecule has 0 atom stereocenters. The van der Waals surface area contributed by atoms with E-state index in [1.807, 2.05) is 13.8 Å². The van der Waals surface area contributed by atoms with Crippen LogP contribution < -0.4 is 5.32 Å². The zero-order valence-electron chi connectivity index (χ0n) is 10.5. The quantitative estimate of drug-likeness (QED) is 0.810. The Morgan fingerprint density at radius 1 is 1.33 bits per heavy atom. The molecular formula is C11H16N6O. The highest BCUT2D eigenvalue weighted by Gasteiger charge is 2.11. The standard InChI is InChI=1S/C11H16N6O/c1-3-17(4-2)8(18)5-12-10-9-11(14-6-13-9)16-7-15-10/h6-7H,3-5H2,1-2H3,(H2,12,13,14,15,16). The molecule has 0 radical (unpaired) electrons. The van der Waals surface area contributed by atoms with E-state index in [-0.39, 0.29) is 12.5 Å². The molecule has 0 aliphatic heterocycles. The Hall–Kier alpha value is -2.18. The van der Waals surface area contributed by atoms with E-state index in [9.17, 15) is 4.79 Å². The average molecular weight is 248 g/mol. The highest BCUT2D eigenvalue weighted by molar-refractivity contribution is 5.86. The summed E-state index contributed by atoms with van der Waals surface area (Å²) < 4.78 is 0. The molecule has 0 unspecified atom stereocenters. The summed E-state index contributed by atoms with van der Waals surface area (Å²) >= 11 is 0. The van der Waals surface area contributed by atoms with Gasteiger partial charge in [0.15, 0.2) is 11.5 Å². The summed E-state index contributed by atoms with van der Waals surface area (Å²) in [5.41, 5.74) is 1.30. The number of rotatable bonds is 5. The Balaban J connectivity index is 2.06. The Morgan fingerprint density at radius 3 is 2.83 bits per heavy atom. The van der Waals surface area contributed by atoms with E-state index in [2.05, 4.69) is 25.3 Å². The second-order valence-corrected chi connectivity index (χ2v) is 3.74. The van der Waals surface area contributed by atoms with Crippen molar-refractivity contribution >= 4 is 22.9 Å². The molecular weight excluding hydrogens is 232 g/mol. The van der Waals surface area contributed by atoms with Crippen LogP contribution in [0.15, 0.2) is 12.7 Å². The van der Waals surface area contributed by atoms with Crippen molar-refractivity contribution in [2.45, 2.75) is 13.8 Å². The normalized spacial score (nSPS) is 10.6. The van der Waals surface area contributed by atoms with Crippen LogP contribution >= 0.6 is 0 Å². The Bertz CT molecular complexity index is 533. The zero-order chi connectivity index (χ0) is 13.0. The number of amides is 1. The van der Waals surface area contributed by atoms with Gasteiger partial charge < -0.3 is 15.2 Å². The lowest BCUT2D eigenvalue weighted by molar-refractivity contribution is -0.128. The van der Waals surface area contributed by atoms with Gasteiger partial charge in [-0.05, 0) is 13.8 Å². The number of anilines is 1. The van der Waals surface area contributed by atoms with Gasteiger partial charge in [0.2, 0.25) is 5.91 Å². The van der Waals surface area contributed by atoms with Crippen LogP contribution in [-0.4, -0.2) is 50.4 Å². The van der Waals surface area contributed by atoms with Crippen LogP contribution in [0.5, 0.6) is 0 Å². The van der Waals surface area contributed by atoms with E-state index in [4.69, 9.17) is 0 Å². The third kappa shape index (κ3) is 2.39. The Kier molecular flexibility index (Phi) is 3.71.